The van der Waals surface area contributed by atoms with E-state index in [1.54, 1.807) is 0 Å². The predicted molar refractivity (Wildman–Crippen MR) is 51.1 cm³/mol. The number of para-hydroxylation sites is 1. The topological polar surface area (TPSA) is 25.2 Å². The van der Waals surface area contributed by atoms with Crippen molar-refractivity contribution in [1.82, 2.24) is 4.73 Å². The molecule has 1 saturated carbocycles. The van der Waals surface area contributed by atoms with Gasteiger partial charge in [0.2, 0.25) is 0 Å². The van der Waals surface area contributed by atoms with Crippen molar-refractivity contribution in [3.63, 3.8) is 0 Å². The third kappa shape index (κ3) is 0.949. The SMILES string of the molecule is On1cc(C2CC2)c2ccccc21. The fourth-order valence-electron chi connectivity index (χ4n) is 1.91. The number of aromatic nitrogens is 1. The highest BCUT2D eigenvalue weighted by atomic mass is 16.5. The fourth-order valence-corrected chi connectivity index (χ4v) is 1.91. The van der Waals surface area contributed by atoms with Crippen LogP contribution in [0.3, 0.4) is 0 Å². The van der Waals surface area contributed by atoms with Gasteiger partial charge in [-0.15, -0.1) is 0 Å². The Morgan fingerprint density at radius 3 is 2.77 bits per heavy atom. The van der Waals surface area contributed by atoms with Crippen LogP contribution >= 0.6 is 0 Å². The molecule has 0 saturated heterocycles. The van der Waals surface area contributed by atoms with E-state index in [1.165, 1.54) is 28.5 Å². The van der Waals surface area contributed by atoms with Crippen LogP contribution in [0.25, 0.3) is 10.9 Å². The van der Waals surface area contributed by atoms with Gasteiger partial charge >= 0.3 is 0 Å². The van der Waals surface area contributed by atoms with Crippen molar-refractivity contribution in [2.24, 2.45) is 0 Å². The van der Waals surface area contributed by atoms with Crippen molar-refractivity contribution in [3.8, 4) is 0 Å². The first-order valence-electron chi connectivity index (χ1n) is 4.65. The van der Waals surface area contributed by atoms with Crippen molar-refractivity contribution < 1.29 is 5.21 Å². The maximum absolute atomic E-state index is 9.59. The number of benzene rings is 1. The minimum Gasteiger partial charge on any atom is -0.428 e. The molecule has 1 N–H and O–H groups in total. The average Bonchev–Trinajstić information content (AvgIpc) is 2.94. The summed E-state index contributed by atoms with van der Waals surface area (Å²) in [5.74, 6) is 0.693. The summed E-state index contributed by atoms with van der Waals surface area (Å²) in [5.41, 5.74) is 2.22. The Morgan fingerprint density at radius 1 is 1.23 bits per heavy atom. The van der Waals surface area contributed by atoms with Crippen LogP contribution in [0.15, 0.2) is 30.5 Å². The van der Waals surface area contributed by atoms with Crippen LogP contribution in [0.2, 0.25) is 0 Å². The zero-order valence-electron chi connectivity index (χ0n) is 7.27. The molecule has 1 aliphatic carbocycles. The summed E-state index contributed by atoms with van der Waals surface area (Å²) < 4.78 is 1.24. The summed E-state index contributed by atoms with van der Waals surface area (Å²) in [6.45, 7) is 0. The molecule has 0 aliphatic heterocycles. The van der Waals surface area contributed by atoms with Crippen molar-refractivity contribution in [1.29, 1.82) is 0 Å². The van der Waals surface area contributed by atoms with Gasteiger partial charge < -0.3 is 5.21 Å². The fraction of sp³-hybridized carbons (Fsp3) is 0.273. The molecule has 0 unspecified atom stereocenters. The summed E-state index contributed by atoms with van der Waals surface area (Å²) in [7, 11) is 0. The number of rotatable bonds is 1. The van der Waals surface area contributed by atoms with Gasteiger partial charge in [0.05, 0.1) is 5.52 Å². The first-order chi connectivity index (χ1) is 6.36. The molecule has 0 spiro atoms. The van der Waals surface area contributed by atoms with Crippen molar-refractivity contribution in [3.05, 3.63) is 36.0 Å². The summed E-state index contributed by atoms with van der Waals surface area (Å²) in [6.07, 6.45) is 4.39. The molecule has 1 aromatic heterocycles. The molecule has 66 valence electrons. The summed E-state index contributed by atoms with van der Waals surface area (Å²) in [6, 6.07) is 8.00. The van der Waals surface area contributed by atoms with Crippen molar-refractivity contribution in [2.45, 2.75) is 18.8 Å². The van der Waals surface area contributed by atoms with E-state index in [0.717, 1.165) is 5.52 Å². The molecule has 2 nitrogen and oxygen atoms in total. The largest absolute Gasteiger partial charge is 0.428 e. The van der Waals surface area contributed by atoms with Gasteiger partial charge in [0.1, 0.15) is 0 Å². The minimum atomic E-state index is 0.693. The Balaban J connectivity index is 2.34. The van der Waals surface area contributed by atoms with Gasteiger partial charge in [-0.25, -0.2) is 0 Å². The monoisotopic (exact) mass is 173 g/mol. The molecule has 2 heteroatoms. The molecule has 2 aromatic rings. The zero-order chi connectivity index (χ0) is 8.84. The molecule has 3 rings (SSSR count). The van der Waals surface area contributed by atoms with Crippen LogP contribution < -0.4 is 0 Å². The third-order valence-electron chi connectivity index (χ3n) is 2.74. The Hall–Kier alpha value is -1.44. The van der Waals surface area contributed by atoms with Crippen LogP contribution in [0.4, 0.5) is 0 Å². The van der Waals surface area contributed by atoms with Crippen molar-refractivity contribution in [2.75, 3.05) is 0 Å². The molecule has 0 atom stereocenters. The van der Waals surface area contributed by atoms with Crippen LogP contribution in [0.1, 0.15) is 24.3 Å². The molecule has 1 aromatic carbocycles. The van der Waals surface area contributed by atoms with Gasteiger partial charge in [-0.2, -0.15) is 4.73 Å². The van der Waals surface area contributed by atoms with E-state index in [1.807, 2.05) is 24.4 Å². The lowest BCUT2D eigenvalue weighted by molar-refractivity contribution is 0.199. The van der Waals surface area contributed by atoms with Gasteiger partial charge in [0.25, 0.3) is 0 Å². The second kappa shape index (κ2) is 2.28. The standard InChI is InChI=1S/C11H11NO/c13-12-7-10(8-5-6-8)9-3-1-2-4-11(9)12/h1-4,7-8,13H,5-6H2. The highest BCUT2D eigenvalue weighted by Crippen LogP contribution is 2.43. The summed E-state index contributed by atoms with van der Waals surface area (Å²) >= 11 is 0. The van der Waals surface area contributed by atoms with Crippen molar-refractivity contribution >= 4 is 10.9 Å². The first-order valence-corrected chi connectivity index (χ1v) is 4.65. The van der Waals surface area contributed by atoms with E-state index in [2.05, 4.69) is 6.07 Å². The maximum Gasteiger partial charge on any atom is 0.0868 e. The Kier molecular flexibility index (Phi) is 1.23. The number of hydrogen-bond donors (Lipinski definition) is 1. The lowest BCUT2D eigenvalue weighted by atomic mass is 10.1. The smallest absolute Gasteiger partial charge is 0.0868 e. The van der Waals surface area contributed by atoms with Gasteiger partial charge in [0.15, 0.2) is 0 Å². The number of fused-ring (bicyclic) bond motifs is 1. The summed E-state index contributed by atoms with van der Waals surface area (Å²) in [5, 5.41) is 10.8. The van der Waals surface area contributed by atoms with E-state index >= 15 is 0 Å². The van der Waals surface area contributed by atoms with Crippen LogP contribution in [-0.4, -0.2) is 9.94 Å². The first kappa shape index (κ1) is 7.01. The Morgan fingerprint density at radius 2 is 2.00 bits per heavy atom. The second-order valence-electron chi connectivity index (χ2n) is 3.72. The molecule has 1 heterocycles. The Bertz CT molecular complexity index is 454. The normalized spacial score (nSPS) is 16.6. The minimum absolute atomic E-state index is 0.693. The van der Waals surface area contributed by atoms with E-state index in [4.69, 9.17) is 0 Å². The van der Waals surface area contributed by atoms with Crippen LogP contribution in [0, 0.1) is 0 Å². The molecule has 0 bridgehead atoms. The zero-order valence-corrected chi connectivity index (χ0v) is 7.27. The molecular weight excluding hydrogens is 162 g/mol. The van der Waals surface area contributed by atoms with Gasteiger partial charge in [-0.1, -0.05) is 18.2 Å². The number of nitrogens with zero attached hydrogens (tertiary/aromatic N) is 1. The molecule has 1 aliphatic rings. The van der Waals surface area contributed by atoms with E-state index in [9.17, 15) is 5.21 Å². The quantitative estimate of drug-likeness (QED) is 0.659. The molecule has 13 heavy (non-hydrogen) atoms. The van der Waals surface area contributed by atoms with E-state index in [-0.39, 0.29) is 0 Å². The van der Waals surface area contributed by atoms with E-state index in [0.29, 0.717) is 5.92 Å². The lowest BCUT2D eigenvalue weighted by Crippen LogP contribution is -1.84. The van der Waals surface area contributed by atoms with E-state index < -0.39 is 0 Å². The van der Waals surface area contributed by atoms with Crippen LogP contribution in [0.5, 0.6) is 0 Å². The Labute approximate surface area is 76.4 Å². The maximum atomic E-state index is 9.59. The molecule has 0 radical (unpaired) electrons. The number of hydrogen-bond acceptors (Lipinski definition) is 1. The predicted octanol–water partition coefficient (Wildman–Crippen LogP) is 2.76. The lowest BCUT2D eigenvalue weighted by Gasteiger charge is -1.92. The third-order valence-corrected chi connectivity index (χ3v) is 2.74. The van der Waals surface area contributed by atoms with Gasteiger partial charge in [-0.3, -0.25) is 0 Å². The molecular formula is C11H11NO. The average molecular weight is 173 g/mol. The van der Waals surface area contributed by atoms with Gasteiger partial charge in [0, 0.05) is 11.6 Å². The molecule has 1 fully saturated rings. The van der Waals surface area contributed by atoms with Crippen LogP contribution in [-0.2, 0) is 0 Å². The molecule has 0 amide bonds. The summed E-state index contributed by atoms with van der Waals surface area (Å²) in [4.78, 5) is 0. The highest BCUT2D eigenvalue weighted by Gasteiger charge is 2.26. The second-order valence-corrected chi connectivity index (χ2v) is 3.72. The van der Waals surface area contributed by atoms with Gasteiger partial charge in [-0.05, 0) is 30.4 Å². The highest BCUT2D eigenvalue weighted by molar-refractivity contribution is 5.84.